The van der Waals surface area contributed by atoms with Gasteiger partial charge in [0.15, 0.2) is 17.5 Å². The van der Waals surface area contributed by atoms with Gasteiger partial charge in [0.05, 0.1) is 34.1 Å². The van der Waals surface area contributed by atoms with Crippen molar-refractivity contribution in [1.29, 1.82) is 0 Å². The second kappa shape index (κ2) is 11.5. The van der Waals surface area contributed by atoms with Gasteiger partial charge in [0.2, 0.25) is 15.8 Å². The molecule has 1 rings (SSSR count). The summed E-state index contributed by atoms with van der Waals surface area (Å²) in [6, 6.07) is 3.70. The molecule has 0 unspecified atom stereocenters. The van der Waals surface area contributed by atoms with Crippen LogP contribution in [-0.2, 0) is 16.6 Å². The first-order valence-corrected chi connectivity index (χ1v) is 10.5. The molecule has 0 fully saturated rings. The van der Waals surface area contributed by atoms with E-state index in [0.29, 0.717) is 55.8 Å². The SMILES string of the molecule is CCNC(=NCc1cc(OC)c(OC)c(OC)c1)NCCCNS(C)(=O)=O. The fraction of sp³-hybridized carbons (Fsp3) is 0.588. The van der Waals surface area contributed by atoms with Crippen LogP contribution in [0.2, 0.25) is 0 Å². The molecule has 27 heavy (non-hydrogen) atoms. The zero-order chi connectivity index (χ0) is 20.3. The zero-order valence-electron chi connectivity index (χ0n) is 16.6. The summed E-state index contributed by atoms with van der Waals surface area (Å²) in [7, 11) is 1.54. The van der Waals surface area contributed by atoms with Gasteiger partial charge in [-0.05, 0) is 31.0 Å². The van der Waals surface area contributed by atoms with Crippen LogP contribution in [0.4, 0.5) is 0 Å². The Morgan fingerprint density at radius 3 is 2.15 bits per heavy atom. The van der Waals surface area contributed by atoms with E-state index in [2.05, 4.69) is 20.3 Å². The molecular weight excluding hydrogens is 372 g/mol. The number of aliphatic imine (C=N–C) groups is 1. The molecule has 0 aromatic heterocycles. The summed E-state index contributed by atoms with van der Waals surface area (Å²) in [5.74, 6) is 2.33. The number of benzene rings is 1. The van der Waals surface area contributed by atoms with Crippen molar-refractivity contribution in [2.24, 2.45) is 4.99 Å². The van der Waals surface area contributed by atoms with Gasteiger partial charge in [0, 0.05) is 19.6 Å². The lowest BCUT2D eigenvalue weighted by Crippen LogP contribution is -2.38. The molecule has 0 atom stereocenters. The van der Waals surface area contributed by atoms with Gasteiger partial charge in [0.25, 0.3) is 0 Å². The van der Waals surface area contributed by atoms with E-state index in [1.165, 1.54) is 0 Å². The minimum atomic E-state index is -3.16. The Labute approximate surface area is 161 Å². The molecule has 0 heterocycles. The van der Waals surface area contributed by atoms with Gasteiger partial charge in [-0.15, -0.1) is 0 Å². The molecule has 10 heteroatoms. The van der Waals surface area contributed by atoms with Gasteiger partial charge in [-0.3, -0.25) is 0 Å². The van der Waals surface area contributed by atoms with E-state index >= 15 is 0 Å². The number of hydrogen-bond acceptors (Lipinski definition) is 6. The number of nitrogens with one attached hydrogen (secondary N) is 3. The third-order valence-electron chi connectivity index (χ3n) is 3.50. The summed E-state index contributed by atoms with van der Waals surface area (Å²) >= 11 is 0. The van der Waals surface area contributed by atoms with Crippen molar-refractivity contribution in [2.45, 2.75) is 19.9 Å². The number of nitrogens with zero attached hydrogens (tertiary/aromatic N) is 1. The van der Waals surface area contributed by atoms with Crippen LogP contribution in [0.1, 0.15) is 18.9 Å². The maximum absolute atomic E-state index is 11.0. The second-order valence-corrected chi connectivity index (χ2v) is 7.51. The Kier molecular flexibility index (Phi) is 9.73. The molecule has 9 nitrogen and oxygen atoms in total. The van der Waals surface area contributed by atoms with Gasteiger partial charge in [-0.1, -0.05) is 0 Å². The highest BCUT2D eigenvalue weighted by Crippen LogP contribution is 2.38. The first-order valence-electron chi connectivity index (χ1n) is 8.60. The summed E-state index contributed by atoms with van der Waals surface area (Å²) < 4.78 is 40.6. The molecule has 0 radical (unpaired) electrons. The fourth-order valence-corrected chi connectivity index (χ4v) is 2.81. The topological polar surface area (TPSA) is 110 Å². The monoisotopic (exact) mass is 402 g/mol. The Balaban J connectivity index is 2.74. The molecule has 0 aliphatic rings. The van der Waals surface area contributed by atoms with E-state index < -0.39 is 10.0 Å². The van der Waals surface area contributed by atoms with Crippen LogP contribution in [0.15, 0.2) is 17.1 Å². The summed E-state index contributed by atoms with van der Waals surface area (Å²) in [6.07, 6.45) is 1.78. The predicted octanol–water partition coefficient (Wildman–Crippen LogP) is 0.707. The van der Waals surface area contributed by atoms with Crippen molar-refractivity contribution in [1.82, 2.24) is 15.4 Å². The Morgan fingerprint density at radius 1 is 1.04 bits per heavy atom. The minimum Gasteiger partial charge on any atom is -0.493 e. The average Bonchev–Trinajstić information content (AvgIpc) is 2.63. The highest BCUT2D eigenvalue weighted by atomic mass is 32.2. The quantitative estimate of drug-likeness (QED) is 0.284. The lowest BCUT2D eigenvalue weighted by Gasteiger charge is -2.14. The van der Waals surface area contributed by atoms with Crippen molar-refractivity contribution in [3.05, 3.63) is 17.7 Å². The van der Waals surface area contributed by atoms with Gasteiger partial charge in [0.1, 0.15) is 0 Å². The van der Waals surface area contributed by atoms with Crippen LogP contribution in [0.25, 0.3) is 0 Å². The smallest absolute Gasteiger partial charge is 0.208 e. The van der Waals surface area contributed by atoms with Crippen LogP contribution in [0.3, 0.4) is 0 Å². The third kappa shape index (κ3) is 8.35. The van der Waals surface area contributed by atoms with E-state index in [1.54, 1.807) is 21.3 Å². The highest BCUT2D eigenvalue weighted by molar-refractivity contribution is 7.88. The van der Waals surface area contributed by atoms with Gasteiger partial charge in [-0.2, -0.15) is 0 Å². The van der Waals surface area contributed by atoms with E-state index in [-0.39, 0.29) is 0 Å². The molecule has 0 saturated carbocycles. The maximum Gasteiger partial charge on any atom is 0.208 e. The molecule has 0 amide bonds. The molecule has 0 aliphatic heterocycles. The van der Waals surface area contributed by atoms with Gasteiger partial charge >= 0.3 is 0 Å². The van der Waals surface area contributed by atoms with Crippen molar-refractivity contribution >= 4 is 16.0 Å². The summed E-state index contributed by atoms with van der Waals surface area (Å²) in [4.78, 5) is 4.54. The maximum atomic E-state index is 11.0. The van der Waals surface area contributed by atoms with Crippen molar-refractivity contribution in [3.63, 3.8) is 0 Å². The average molecular weight is 403 g/mol. The molecule has 0 aliphatic carbocycles. The zero-order valence-corrected chi connectivity index (χ0v) is 17.4. The van der Waals surface area contributed by atoms with Gasteiger partial charge in [-0.25, -0.2) is 18.1 Å². The van der Waals surface area contributed by atoms with Crippen molar-refractivity contribution in [3.8, 4) is 17.2 Å². The molecule has 3 N–H and O–H groups in total. The van der Waals surface area contributed by atoms with E-state index in [9.17, 15) is 8.42 Å². The minimum absolute atomic E-state index is 0.373. The molecule has 0 bridgehead atoms. The molecule has 154 valence electrons. The van der Waals surface area contributed by atoms with Crippen molar-refractivity contribution < 1.29 is 22.6 Å². The second-order valence-electron chi connectivity index (χ2n) is 5.68. The standard InChI is InChI=1S/C17H30N4O5S/c1-6-18-17(19-8-7-9-21-27(5,22)23)20-12-13-10-14(24-2)16(26-4)15(11-13)25-3/h10-11,21H,6-9,12H2,1-5H3,(H2,18,19,20). The number of sulfonamides is 1. The van der Waals surface area contributed by atoms with E-state index in [4.69, 9.17) is 14.2 Å². The molecule has 1 aromatic rings. The lowest BCUT2D eigenvalue weighted by molar-refractivity contribution is 0.324. The largest absolute Gasteiger partial charge is 0.493 e. The molecule has 0 saturated heterocycles. The van der Waals surface area contributed by atoms with Crippen LogP contribution in [0.5, 0.6) is 17.2 Å². The summed E-state index contributed by atoms with van der Waals surface area (Å²) in [5, 5.41) is 6.33. The van der Waals surface area contributed by atoms with E-state index in [0.717, 1.165) is 11.8 Å². The van der Waals surface area contributed by atoms with Crippen LogP contribution >= 0.6 is 0 Å². The number of hydrogen-bond donors (Lipinski definition) is 3. The Hall–Kier alpha value is -2.20. The predicted molar refractivity (Wildman–Crippen MR) is 106 cm³/mol. The first kappa shape index (κ1) is 22.8. The lowest BCUT2D eigenvalue weighted by atomic mass is 10.2. The number of ether oxygens (including phenoxy) is 3. The number of guanidine groups is 1. The molecular formula is C17H30N4O5S. The normalized spacial score (nSPS) is 11.8. The fourth-order valence-electron chi connectivity index (χ4n) is 2.29. The third-order valence-corrected chi connectivity index (χ3v) is 4.23. The number of methoxy groups -OCH3 is 3. The van der Waals surface area contributed by atoms with E-state index in [1.807, 2.05) is 19.1 Å². The van der Waals surface area contributed by atoms with Crippen molar-refractivity contribution in [2.75, 3.05) is 47.2 Å². The van der Waals surface area contributed by atoms with Crippen LogP contribution in [0, 0.1) is 0 Å². The highest BCUT2D eigenvalue weighted by Gasteiger charge is 2.13. The van der Waals surface area contributed by atoms with Crippen LogP contribution in [-0.4, -0.2) is 61.6 Å². The number of rotatable bonds is 11. The summed E-state index contributed by atoms with van der Waals surface area (Å²) in [6.45, 7) is 4.06. The first-order chi connectivity index (χ1) is 12.8. The van der Waals surface area contributed by atoms with Crippen LogP contribution < -0.4 is 29.6 Å². The molecule has 0 spiro atoms. The Morgan fingerprint density at radius 2 is 1.67 bits per heavy atom. The molecule has 1 aromatic carbocycles. The van der Waals surface area contributed by atoms with Gasteiger partial charge < -0.3 is 24.8 Å². The Bertz CT molecular complexity index is 697. The summed E-state index contributed by atoms with van der Waals surface area (Å²) in [5.41, 5.74) is 0.903.